The summed E-state index contributed by atoms with van der Waals surface area (Å²) in [5, 5.41) is 15.8. The van der Waals surface area contributed by atoms with E-state index in [1.165, 1.54) is 7.11 Å². The normalized spacial score (nSPS) is 17.6. The Bertz CT molecular complexity index is 594. The Morgan fingerprint density at radius 1 is 1.46 bits per heavy atom. The van der Waals surface area contributed by atoms with Gasteiger partial charge in [0.25, 0.3) is 5.91 Å². The number of nitrogens with one attached hydrogen (secondary N) is 1. The molecular formula is C14H18F3N3O4. The minimum atomic E-state index is -4.96. The van der Waals surface area contributed by atoms with Crippen LogP contribution in [0.5, 0.6) is 0 Å². The maximum absolute atomic E-state index is 12.4. The number of H-pyrrole nitrogens is 1. The molecule has 0 aliphatic carbocycles. The number of hydrogen-bond donors (Lipinski definition) is 2. The lowest BCUT2D eigenvalue weighted by molar-refractivity contribution is -0.211. The summed E-state index contributed by atoms with van der Waals surface area (Å²) < 4.78 is 41.7. The smallest absolute Gasteiger partial charge is 0.423 e. The number of ether oxygens (including phenoxy) is 1. The van der Waals surface area contributed by atoms with Gasteiger partial charge in [-0.3, -0.25) is 14.7 Å². The summed E-state index contributed by atoms with van der Waals surface area (Å²) in [6.45, 7) is 0.214. The number of carbonyl (C=O) groups is 2. The second-order valence-electron chi connectivity index (χ2n) is 5.61. The molecule has 1 amide bonds. The van der Waals surface area contributed by atoms with Crippen LogP contribution in [0.3, 0.4) is 0 Å². The number of nitrogens with zero attached hydrogens (tertiary/aromatic N) is 2. The van der Waals surface area contributed by atoms with E-state index in [0.29, 0.717) is 24.2 Å². The fraction of sp³-hybridized carbons (Fsp3) is 0.643. The molecule has 1 fully saturated rings. The number of piperidine rings is 1. The molecule has 24 heavy (non-hydrogen) atoms. The first kappa shape index (κ1) is 18.2. The average molecular weight is 349 g/mol. The predicted molar refractivity (Wildman–Crippen MR) is 74.9 cm³/mol. The van der Waals surface area contributed by atoms with E-state index in [1.807, 2.05) is 0 Å². The number of carbonyl (C=O) groups excluding carboxylic acids is 2. The molecular weight excluding hydrogens is 331 g/mol. The standard InChI is InChI=1S/C14H18F3N3O4/c1-24-11(21)7-9-6-10(19-18-9)8-2-4-20(5-3-8)13(23)12(22)14(15,16)17/h6,8,12,22H,2-5,7H2,1H3,(H,18,19)/t12-/m1/s1. The third-order valence-electron chi connectivity index (χ3n) is 3.98. The number of halogens is 3. The van der Waals surface area contributed by atoms with E-state index in [0.717, 1.165) is 4.90 Å². The Morgan fingerprint density at radius 2 is 2.08 bits per heavy atom. The van der Waals surface area contributed by atoms with Crippen LogP contribution in [0.2, 0.25) is 0 Å². The molecule has 2 heterocycles. The Labute approximate surface area is 135 Å². The molecule has 0 bridgehead atoms. The first-order valence-corrected chi connectivity index (χ1v) is 7.37. The van der Waals surface area contributed by atoms with Gasteiger partial charge in [-0.2, -0.15) is 18.3 Å². The van der Waals surface area contributed by atoms with Crippen LogP contribution in [0.4, 0.5) is 13.2 Å². The van der Waals surface area contributed by atoms with Gasteiger partial charge in [-0.25, -0.2) is 0 Å². The van der Waals surface area contributed by atoms with Crippen molar-refractivity contribution in [2.75, 3.05) is 20.2 Å². The Morgan fingerprint density at radius 3 is 2.62 bits per heavy atom. The summed E-state index contributed by atoms with van der Waals surface area (Å²) in [6, 6.07) is 1.71. The minimum Gasteiger partial charge on any atom is -0.469 e. The van der Waals surface area contributed by atoms with E-state index in [4.69, 9.17) is 5.11 Å². The highest BCUT2D eigenvalue weighted by atomic mass is 19.4. The number of esters is 1. The van der Waals surface area contributed by atoms with Gasteiger partial charge < -0.3 is 14.7 Å². The lowest BCUT2D eigenvalue weighted by atomic mass is 9.93. The number of aliphatic hydroxyl groups excluding tert-OH is 1. The van der Waals surface area contributed by atoms with Crippen molar-refractivity contribution in [2.45, 2.75) is 37.5 Å². The van der Waals surface area contributed by atoms with E-state index < -0.39 is 24.2 Å². The average Bonchev–Trinajstić information content (AvgIpc) is 3.01. The van der Waals surface area contributed by atoms with Crippen molar-refractivity contribution in [1.29, 1.82) is 0 Å². The zero-order valence-electron chi connectivity index (χ0n) is 13.0. The number of hydrogen-bond acceptors (Lipinski definition) is 5. The van der Waals surface area contributed by atoms with Crippen molar-refractivity contribution in [3.05, 3.63) is 17.5 Å². The third kappa shape index (κ3) is 4.25. The second-order valence-corrected chi connectivity index (χ2v) is 5.61. The fourth-order valence-corrected chi connectivity index (χ4v) is 2.62. The molecule has 134 valence electrons. The first-order chi connectivity index (χ1) is 11.2. The number of aromatic amines is 1. The molecule has 2 N–H and O–H groups in total. The molecule has 0 unspecified atom stereocenters. The van der Waals surface area contributed by atoms with Crippen LogP contribution >= 0.6 is 0 Å². The third-order valence-corrected chi connectivity index (χ3v) is 3.98. The van der Waals surface area contributed by atoms with Gasteiger partial charge in [0.2, 0.25) is 6.10 Å². The van der Waals surface area contributed by atoms with Crippen LogP contribution in [0, 0.1) is 0 Å². The Hall–Kier alpha value is -2.10. The predicted octanol–water partition coefficient (Wildman–Crippen LogP) is 0.754. The van der Waals surface area contributed by atoms with E-state index >= 15 is 0 Å². The summed E-state index contributed by atoms with van der Waals surface area (Å²) in [4.78, 5) is 23.8. The highest BCUT2D eigenvalue weighted by Gasteiger charge is 2.45. The molecule has 2 rings (SSSR count). The van der Waals surface area contributed by atoms with Crippen molar-refractivity contribution in [2.24, 2.45) is 0 Å². The number of likely N-dealkylation sites (tertiary alicyclic amines) is 1. The van der Waals surface area contributed by atoms with Gasteiger partial charge in [0, 0.05) is 24.7 Å². The Kier molecular flexibility index (Phi) is 5.47. The Balaban J connectivity index is 1.91. The van der Waals surface area contributed by atoms with Crippen LogP contribution < -0.4 is 0 Å². The molecule has 10 heteroatoms. The van der Waals surface area contributed by atoms with Gasteiger partial charge in [-0.05, 0) is 18.9 Å². The number of alkyl halides is 3. The highest BCUT2D eigenvalue weighted by molar-refractivity contribution is 5.81. The molecule has 7 nitrogen and oxygen atoms in total. The van der Waals surface area contributed by atoms with Crippen LogP contribution in [0.15, 0.2) is 6.07 Å². The molecule has 1 aromatic rings. The summed E-state index contributed by atoms with van der Waals surface area (Å²) in [5.41, 5.74) is 1.28. The SMILES string of the molecule is COC(=O)Cc1cc(C2CCN(C(=O)[C@@H](O)C(F)(F)F)CC2)n[nH]1. The molecule has 0 radical (unpaired) electrons. The second kappa shape index (κ2) is 7.20. The molecule has 0 spiro atoms. The molecule has 0 aromatic carbocycles. The van der Waals surface area contributed by atoms with Gasteiger partial charge in [0.15, 0.2) is 0 Å². The number of aliphatic hydroxyl groups is 1. The number of rotatable bonds is 4. The summed E-state index contributed by atoms with van der Waals surface area (Å²) >= 11 is 0. The molecule has 1 atom stereocenters. The van der Waals surface area contributed by atoms with Crippen LogP contribution in [-0.2, 0) is 20.7 Å². The van der Waals surface area contributed by atoms with E-state index in [2.05, 4.69) is 14.9 Å². The maximum atomic E-state index is 12.4. The maximum Gasteiger partial charge on any atom is 0.423 e. The zero-order chi connectivity index (χ0) is 17.9. The van der Waals surface area contributed by atoms with Crippen molar-refractivity contribution in [3.8, 4) is 0 Å². The quantitative estimate of drug-likeness (QED) is 0.783. The molecule has 0 saturated carbocycles. The topological polar surface area (TPSA) is 95.5 Å². The number of methoxy groups -OCH3 is 1. The molecule has 1 aliphatic heterocycles. The first-order valence-electron chi connectivity index (χ1n) is 7.37. The number of amides is 1. The molecule has 1 aliphatic rings. The van der Waals surface area contributed by atoms with Crippen LogP contribution in [0.1, 0.15) is 30.1 Å². The van der Waals surface area contributed by atoms with Gasteiger partial charge in [-0.1, -0.05) is 0 Å². The van der Waals surface area contributed by atoms with Gasteiger partial charge >= 0.3 is 12.1 Å². The summed E-state index contributed by atoms with van der Waals surface area (Å²) in [5.74, 6) is -1.76. The van der Waals surface area contributed by atoms with E-state index in [-0.39, 0.29) is 25.4 Å². The lowest BCUT2D eigenvalue weighted by Crippen LogP contribution is -2.48. The van der Waals surface area contributed by atoms with Crippen molar-refractivity contribution in [3.63, 3.8) is 0 Å². The van der Waals surface area contributed by atoms with Crippen molar-refractivity contribution >= 4 is 11.9 Å². The van der Waals surface area contributed by atoms with Crippen LogP contribution in [-0.4, -0.2) is 64.6 Å². The zero-order valence-corrected chi connectivity index (χ0v) is 13.0. The molecule has 1 aromatic heterocycles. The van der Waals surface area contributed by atoms with Crippen LogP contribution in [0.25, 0.3) is 0 Å². The largest absolute Gasteiger partial charge is 0.469 e. The van der Waals surface area contributed by atoms with Gasteiger partial charge in [0.05, 0.1) is 19.2 Å². The minimum absolute atomic E-state index is 0.0280. The van der Waals surface area contributed by atoms with Gasteiger partial charge in [0.1, 0.15) is 0 Å². The summed E-state index contributed by atoms with van der Waals surface area (Å²) in [7, 11) is 1.28. The van der Waals surface area contributed by atoms with E-state index in [1.54, 1.807) is 6.07 Å². The fourth-order valence-electron chi connectivity index (χ4n) is 2.62. The highest BCUT2D eigenvalue weighted by Crippen LogP contribution is 2.29. The van der Waals surface area contributed by atoms with Gasteiger partial charge in [-0.15, -0.1) is 0 Å². The summed E-state index contributed by atoms with van der Waals surface area (Å²) in [6.07, 6.45) is -7.03. The van der Waals surface area contributed by atoms with Crippen molar-refractivity contribution in [1.82, 2.24) is 15.1 Å². The lowest BCUT2D eigenvalue weighted by Gasteiger charge is -2.32. The van der Waals surface area contributed by atoms with Crippen molar-refractivity contribution < 1.29 is 32.6 Å². The molecule has 1 saturated heterocycles. The van der Waals surface area contributed by atoms with E-state index in [9.17, 15) is 22.8 Å². The monoisotopic (exact) mass is 349 g/mol. The number of aromatic nitrogens is 2.